The molecule has 186 valence electrons. The molecule has 0 radical (unpaired) electrons. The molecule has 1 N–H and O–H groups in total. The van der Waals surface area contributed by atoms with Gasteiger partial charge >= 0.3 is 0 Å². The number of aromatic nitrogens is 4. The second kappa shape index (κ2) is 10.1. The monoisotopic (exact) mass is 477 g/mol. The second-order valence-electron chi connectivity index (χ2n) is 9.70. The summed E-state index contributed by atoms with van der Waals surface area (Å²) in [4.78, 5) is 33.3. The lowest BCUT2D eigenvalue weighted by Crippen LogP contribution is -2.42. The van der Waals surface area contributed by atoms with E-state index in [0.29, 0.717) is 17.5 Å². The van der Waals surface area contributed by atoms with Crippen LogP contribution in [0.4, 0.5) is 17.5 Å². The molecule has 5 heterocycles. The first-order valence-corrected chi connectivity index (χ1v) is 12.5. The summed E-state index contributed by atoms with van der Waals surface area (Å²) in [6.45, 7) is 6.04. The molecule has 3 aromatic rings. The van der Waals surface area contributed by atoms with E-state index in [0.717, 1.165) is 75.3 Å². The van der Waals surface area contributed by atoms with Crippen molar-refractivity contribution in [2.75, 3.05) is 75.6 Å². The number of rotatable bonds is 5. The molecule has 35 heavy (non-hydrogen) atoms. The van der Waals surface area contributed by atoms with Gasteiger partial charge in [-0.2, -0.15) is 4.98 Å². The summed E-state index contributed by atoms with van der Waals surface area (Å²) in [5.41, 5.74) is 2.48. The highest BCUT2D eigenvalue weighted by Gasteiger charge is 2.24. The summed E-state index contributed by atoms with van der Waals surface area (Å²) in [6.07, 6.45) is 8.27. The van der Waals surface area contributed by atoms with E-state index in [1.165, 1.54) is 6.42 Å². The Morgan fingerprint density at radius 2 is 1.77 bits per heavy atom. The van der Waals surface area contributed by atoms with Crippen LogP contribution >= 0.6 is 0 Å². The van der Waals surface area contributed by atoms with Gasteiger partial charge in [0.2, 0.25) is 5.95 Å². The van der Waals surface area contributed by atoms with Crippen LogP contribution in [0.1, 0.15) is 36.2 Å². The van der Waals surface area contributed by atoms with Gasteiger partial charge in [0.15, 0.2) is 5.65 Å². The van der Waals surface area contributed by atoms with Gasteiger partial charge in [-0.15, -0.1) is 0 Å². The number of hydrogen-bond donors (Lipinski definition) is 1. The first kappa shape index (κ1) is 23.3. The van der Waals surface area contributed by atoms with E-state index in [1.807, 2.05) is 23.0 Å². The van der Waals surface area contributed by atoms with Crippen LogP contribution in [-0.4, -0.2) is 95.7 Å². The molecule has 2 fully saturated rings. The van der Waals surface area contributed by atoms with Gasteiger partial charge in [-0.1, -0.05) is 0 Å². The van der Waals surface area contributed by atoms with Gasteiger partial charge in [-0.05, 0) is 57.5 Å². The minimum Gasteiger partial charge on any atom is -0.369 e. The highest BCUT2D eigenvalue weighted by molar-refractivity contribution is 5.98. The molecule has 0 saturated carbocycles. The summed E-state index contributed by atoms with van der Waals surface area (Å²) in [7, 11) is 5.73. The predicted molar refractivity (Wildman–Crippen MR) is 139 cm³/mol. The third-order valence-corrected chi connectivity index (χ3v) is 6.83. The number of pyridine rings is 1. The number of fused-ring (bicyclic) bond motifs is 1. The van der Waals surface area contributed by atoms with Crippen LogP contribution in [-0.2, 0) is 0 Å². The van der Waals surface area contributed by atoms with Crippen LogP contribution in [0, 0.1) is 0 Å². The Morgan fingerprint density at radius 1 is 0.943 bits per heavy atom. The molecule has 0 spiro atoms. The van der Waals surface area contributed by atoms with Crippen molar-refractivity contribution in [2.24, 2.45) is 0 Å². The normalized spacial score (nSPS) is 17.5. The molecule has 0 bridgehead atoms. The molecule has 3 aromatic heterocycles. The molecule has 5 rings (SSSR count). The third kappa shape index (κ3) is 5.02. The quantitative estimate of drug-likeness (QED) is 0.600. The van der Waals surface area contributed by atoms with E-state index >= 15 is 0 Å². The molecule has 10 nitrogen and oxygen atoms in total. The van der Waals surface area contributed by atoms with E-state index in [-0.39, 0.29) is 5.91 Å². The Morgan fingerprint density at radius 3 is 2.51 bits per heavy atom. The molecule has 0 atom stereocenters. The van der Waals surface area contributed by atoms with Crippen LogP contribution in [0.3, 0.4) is 0 Å². The van der Waals surface area contributed by atoms with Gasteiger partial charge < -0.3 is 25.0 Å². The number of carbonyl (C=O) groups is 1. The van der Waals surface area contributed by atoms with Crippen molar-refractivity contribution >= 4 is 34.4 Å². The highest BCUT2D eigenvalue weighted by atomic mass is 16.2. The molecular formula is C25H35N9O. The number of anilines is 3. The number of amides is 1. The SMILES string of the molecule is CN1CCCN(c2ccc(Nc3ncc4cc(C(=O)N(C)C)n(N5CCCCC5)c4n3)nc2)CC1. The van der Waals surface area contributed by atoms with Crippen molar-refractivity contribution in [3.63, 3.8) is 0 Å². The molecule has 1 amide bonds. The maximum Gasteiger partial charge on any atom is 0.272 e. The van der Waals surface area contributed by atoms with Crippen molar-refractivity contribution in [3.05, 3.63) is 36.3 Å². The van der Waals surface area contributed by atoms with Crippen LogP contribution in [0.15, 0.2) is 30.6 Å². The smallest absolute Gasteiger partial charge is 0.272 e. The average Bonchev–Trinajstić information content (AvgIpc) is 3.11. The third-order valence-electron chi connectivity index (χ3n) is 6.83. The fourth-order valence-corrected chi connectivity index (χ4v) is 4.85. The minimum atomic E-state index is -0.0416. The number of nitrogens with zero attached hydrogens (tertiary/aromatic N) is 8. The summed E-state index contributed by atoms with van der Waals surface area (Å²) < 4.78 is 1.98. The topological polar surface area (TPSA) is 85.7 Å². The van der Waals surface area contributed by atoms with Crippen molar-refractivity contribution in [3.8, 4) is 0 Å². The van der Waals surface area contributed by atoms with E-state index in [1.54, 1.807) is 25.2 Å². The molecule has 0 unspecified atom stereocenters. The highest BCUT2D eigenvalue weighted by Crippen LogP contribution is 2.24. The van der Waals surface area contributed by atoms with Gasteiger partial charge in [0, 0.05) is 58.4 Å². The molecule has 2 aliphatic rings. The predicted octanol–water partition coefficient (Wildman–Crippen LogP) is 2.54. The molecule has 0 aliphatic carbocycles. The molecule has 0 aromatic carbocycles. The summed E-state index contributed by atoms with van der Waals surface area (Å²) >= 11 is 0. The number of likely N-dealkylation sites (N-methyl/N-ethyl adjacent to an activating group) is 1. The number of nitrogens with one attached hydrogen (secondary N) is 1. The Hall–Kier alpha value is -3.40. The largest absolute Gasteiger partial charge is 0.369 e. The maximum absolute atomic E-state index is 13.0. The van der Waals surface area contributed by atoms with Crippen LogP contribution in [0.25, 0.3) is 11.0 Å². The lowest BCUT2D eigenvalue weighted by Gasteiger charge is -2.31. The first-order chi connectivity index (χ1) is 17.0. The van der Waals surface area contributed by atoms with Gasteiger partial charge in [0.05, 0.1) is 11.9 Å². The molecule has 10 heteroatoms. The number of hydrogen-bond acceptors (Lipinski definition) is 8. The Kier molecular flexibility index (Phi) is 6.72. The van der Waals surface area contributed by atoms with Gasteiger partial charge in [0.1, 0.15) is 11.5 Å². The Balaban J connectivity index is 1.40. The summed E-state index contributed by atoms with van der Waals surface area (Å²) in [5, 5.41) is 6.32. The zero-order valence-electron chi connectivity index (χ0n) is 20.9. The maximum atomic E-state index is 13.0. The fourth-order valence-electron chi connectivity index (χ4n) is 4.85. The van der Waals surface area contributed by atoms with E-state index in [4.69, 9.17) is 4.98 Å². The second-order valence-corrected chi connectivity index (χ2v) is 9.70. The average molecular weight is 478 g/mol. The van der Waals surface area contributed by atoms with Gasteiger partial charge in [0.25, 0.3) is 5.91 Å². The van der Waals surface area contributed by atoms with Crippen molar-refractivity contribution in [1.82, 2.24) is 29.4 Å². The zero-order valence-corrected chi connectivity index (χ0v) is 20.9. The Labute approximate surface area is 206 Å². The Bertz CT molecular complexity index is 1170. The van der Waals surface area contributed by atoms with Crippen molar-refractivity contribution in [1.29, 1.82) is 0 Å². The van der Waals surface area contributed by atoms with E-state index < -0.39 is 0 Å². The van der Waals surface area contributed by atoms with E-state index in [9.17, 15) is 4.79 Å². The lowest BCUT2D eigenvalue weighted by atomic mass is 10.2. The van der Waals surface area contributed by atoms with Crippen LogP contribution in [0.2, 0.25) is 0 Å². The summed E-state index contributed by atoms with van der Waals surface area (Å²) in [5.74, 6) is 1.12. The van der Waals surface area contributed by atoms with E-state index in [2.05, 4.69) is 43.2 Å². The van der Waals surface area contributed by atoms with Crippen molar-refractivity contribution < 1.29 is 4.79 Å². The van der Waals surface area contributed by atoms with Crippen molar-refractivity contribution in [2.45, 2.75) is 25.7 Å². The molecular weight excluding hydrogens is 442 g/mol. The zero-order chi connectivity index (χ0) is 24.4. The van der Waals surface area contributed by atoms with Crippen LogP contribution in [0.5, 0.6) is 0 Å². The van der Waals surface area contributed by atoms with Crippen LogP contribution < -0.4 is 15.2 Å². The fraction of sp³-hybridized carbons (Fsp3) is 0.520. The molecule has 2 aliphatic heterocycles. The first-order valence-electron chi connectivity index (χ1n) is 12.5. The standard InChI is InChI=1S/C25H35N9O/c1-30(2)24(35)21-16-19-17-27-25(29-23(19)34(21)33-12-5-4-6-13-33)28-22-9-8-20(18-26-22)32-11-7-10-31(3)14-15-32/h8-9,16-18H,4-7,10-15H2,1-3H3,(H,26,27,28,29). The number of carbonyl (C=O) groups excluding carboxylic acids is 1. The molecule has 2 saturated heterocycles. The lowest BCUT2D eigenvalue weighted by molar-refractivity contribution is 0.0816. The van der Waals surface area contributed by atoms with Gasteiger partial charge in [-0.3, -0.25) is 4.79 Å². The van der Waals surface area contributed by atoms with Gasteiger partial charge in [-0.25, -0.2) is 14.6 Å². The summed E-state index contributed by atoms with van der Waals surface area (Å²) in [6, 6.07) is 5.97. The minimum absolute atomic E-state index is 0.0416. The number of piperidine rings is 1.